The fraction of sp³-hybridized carbons (Fsp3) is 0.389. The molecule has 10 heteroatoms. The zero-order valence-corrected chi connectivity index (χ0v) is 17.2. The van der Waals surface area contributed by atoms with Crippen molar-refractivity contribution < 1.29 is 18.3 Å². The standard InChI is InChI=1S/C18H22Cl2F2N4O2/c1-4-23-18(25-10-12-8-13(19)16(20)26(12)2)24-9-11-5-6-14(27-3)15(7-11)28-17(21)22/h5-8,17H,4,9-10H2,1-3H3,(H2,23,24,25). The second-order valence-electron chi connectivity index (χ2n) is 5.75. The Kier molecular flexibility index (Phi) is 8.19. The van der Waals surface area contributed by atoms with Crippen molar-refractivity contribution in [2.24, 2.45) is 12.0 Å². The van der Waals surface area contributed by atoms with Gasteiger partial charge in [-0.1, -0.05) is 29.3 Å². The average Bonchev–Trinajstić information content (AvgIpc) is 2.90. The number of alkyl halides is 2. The summed E-state index contributed by atoms with van der Waals surface area (Å²) in [7, 11) is 3.21. The van der Waals surface area contributed by atoms with Gasteiger partial charge >= 0.3 is 6.61 Å². The number of nitrogens with one attached hydrogen (secondary N) is 2. The zero-order chi connectivity index (χ0) is 20.7. The number of rotatable bonds is 8. The van der Waals surface area contributed by atoms with Gasteiger partial charge in [-0.05, 0) is 30.7 Å². The van der Waals surface area contributed by atoms with Crippen LogP contribution in [0.25, 0.3) is 0 Å². The van der Waals surface area contributed by atoms with Gasteiger partial charge in [-0.3, -0.25) is 0 Å². The molecule has 0 aliphatic rings. The van der Waals surface area contributed by atoms with Gasteiger partial charge in [0, 0.05) is 19.3 Å². The number of benzene rings is 1. The third kappa shape index (κ3) is 5.90. The van der Waals surface area contributed by atoms with E-state index in [4.69, 9.17) is 27.9 Å². The summed E-state index contributed by atoms with van der Waals surface area (Å²) in [6.45, 7) is 0.374. The van der Waals surface area contributed by atoms with Gasteiger partial charge in [0.25, 0.3) is 0 Å². The Morgan fingerprint density at radius 3 is 2.54 bits per heavy atom. The molecule has 0 atom stereocenters. The van der Waals surface area contributed by atoms with E-state index in [1.165, 1.54) is 13.2 Å². The van der Waals surface area contributed by atoms with Crippen LogP contribution in [0.4, 0.5) is 8.78 Å². The third-order valence-corrected chi connectivity index (χ3v) is 4.70. The van der Waals surface area contributed by atoms with E-state index in [1.54, 1.807) is 22.8 Å². The Bertz CT molecular complexity index is 828. The second kappa shape index (κ2) is 10.4. The minimum atomic E-state index is -2.93. The molecule has 2 aromatic rings. The molecule has 28 heavy (non-hydrogen) atoms. The Hall–Kier alpha value is -2.19. The van der Waals surface area contributed by atoms with Crippen molar-refractivity contribution in [1.82, 2.24) is 15.2 Å². The van der Waals surface area contributed by atoms with Crippen LogP contribution in [0.3, 0.4) is 0 Å². The van der Waals surface area contributed by atoms with Crippen LogP contribution in [0, 0.1) is 0 Å². The van der Waals surface area contributed by atoms with Gasteiger partial charge < -0.3 is 24.7 Å². The fourth-order valence-corrected chi connectivity index (χ4v) is 2.87. The van der Waals surface area contributed by atoms with Crippen LogP contribution in [0.5, 0.6) is 11.5 Å². The molecule has 1 aromatic heterocycles. The predicted molar refractivity (Wildman–Crippen MR) is 107 cm³/mol. The SMILES string of the molecule is CCNC(=NCc1ccc(OC)c(OC(F)F)c1)NCc1cc(Cl)c(Cl)n1C. The summed E-state index contributed by atoms with van der Waals surface area (Å²) >= 11 is 12.1. The van der Waals surface area contributed by atoms with Crippen molar-refractivity contribution in [3.05, 3.63) is 45.7 Å². The monoisotopic (exact) mass is 434 g/mol. The highest BCUT2D eigenvalue weighted by Crippen LogP contribution is 2.29. The lowest BCUT2D eigenvalue weighted by Crippen LogP contribution is -2.37. The lowest BCUT2D eigenvalue weighted by Gasteiger charge is -2.13. The molecule has 0 saturated heterocycles. The van der Waals surface area contributed by atoms with Gasteiger partial charge in [-0.2, -0.15) is 8.78 Å². The summed E-state index contributed by atoms with van der Waals surface area (Å²) in [5.41, 5.74) is 1.58. The maximum Gasteiger partial charge on any atom is 0.387 e. The van der Waals surface area contributed by atoms with E-state index in [9.17, 15) is 8.78 Å². The summed E-state index contributed by atoms with van der Waals surface area (Å²) in [6.07, 6.45) is 0. The minimum Gasteiger partial charge on any atom is -0.493 e. The average molecular weight is 435 g/mol. The van der Waals surface area contributed by atoms with Crippen LogP contribution in [-0.4, -0.2) is 30.8 Å². The summed E-state index contributed by atoms with van der Waals surface area (Å²) < 4.78 is 36.4. The Morgan fingerprint density at radius 1 is 1.21 bits per heavy atom. The van der Waals surface area contributed by atoms with E-state index in [2.05, 4.69) is 20.4 Å². The number of guanidine groups is 1. The molecule has 0 aliphatic carbocycles. The van der Waals surface area contributed by atoms with Crippen molar-refractivity contribution in [2.45, 2.75) is 26.6 Å². The summed E-state index contributed by atoms with van der Waals surface area (Å²) in [4.78, 5) is 4.47. The van der Waals surface area contributed by atoms with Crippen LogP contribution in [0.2, 0.25) is 10.2 Å². The number of nitrogens with zero attached hydrogens (tertiary/aromatic N) is 2. The van der Waals surface area contributed by atoms with Gasteiger partial charge in [0.15, 0.2) is 17.5 Å². The van der Waals surface area contributed by atoms with Gasteiger partial charge in [-0.25, -0.2) is 4.99 Å². The van der Waals surface area contributed by atoms with Gasteiger partial charge in [0.2, 0.25) is 0 Å². The highest BCUT2D eigenvalue weighted by Gasteiger charge is 2.12. The molecule has 0 amide bonds. The molecule has 154 valence electrons. The largest absolute Gasteiger partial charge is 0.493 e. The maximum absolute atomic E-state index is 12.6. The molecule has 0 saturated carbocycles. The summed E-state index contributed by atoms with van der Waals surface area (Å²) in [6, 6.07) is 6.56. The molecule has 0 fully saturated rings. The second-order valence-corrected chi connectivity index (χ2v) is 6.51. The van der Waals surface area contributed by atoms with Crippen LogP contribution in [0.1, 0.15) is 18.2 Å². The molecule has 2 N–H and O–H groups in total. The molecular formula is C18H22Cl2F2N4O2. The summed E-state index contributed by atoms with van der Waals surface area (Å²) in [5.74, 6) is 0.759. The molecular weight excluding hydrogens is 413 g/mol. The lowest BCUT2D eigenvalue weighted by atomic mass is 10.2. The Morgan fingerprint density at radius 2 is 1.96 bits per heavy atom. The smallest absolute Gasteiger partial charge is 0.387 e. The van der Waals surface area contributed by atoms with E-state index >= 15 is 0 Å². The molecule has 1 heterocycles. The molecule has 0 aliphatic heterocycles. The fourth-order valence-electron chi connectivity index (χ4n) is 2.45. The highest BCUT2D eigenvalue weighted by molar-refractivity contribution is 6.41. The quantitative estimate of drug-likeness (QED) is 0.482. The first kappa shape index (κ1) is 22.1. The Balaban J connectivity index is 2.10. The van der Waals surface area contributed by atoms with E-state index in [0.717, 1.165) is 5.69 Å². The van der Waals surface area contributed by atoms with Crippen molar-refractivity contribution in [2.75, 3.05) is 13.7 Å². The number of aliphatic imine (C=N–C) groups is 1. The maximum atomic E-state index is 12.6. The summed E-state index contributed by atoms with van der Waals surface area (Å²) in [5, 5.41) is 7.25. The number of aromatic nitrogens is 1. The predicted octanol–water partition coefficient (Wildman–Crippen LogP) is 4.20. The first-order valence-corrected chi connectivity index (χ1v) is 9.24. The van der Waals surface area contributed by atoms with Gasteiger partial charge in [0.1, 0.15) is 5.15 Å². The van der Waals surface area contributed by atoms with E-state index < -0.39 is 6.61 Å². The number of ether oxygens (including phenoxy) is 2. The van der Waals surface area contributed by atoms with Crippen molar-refractivity contribution >= 4 is 29.2 Å². The van der Waals surface area contributed by atoms with Crippen molar-refractivity contribution in [3.63, 3.8) is 0 Å². The molecule has 0 spiro atoms. The molecule has 0 radical (unpaired) electrons. The highest BCUT2D eigenvalue weighted by atomic mass is 35.5. The number of hydrogen-bond donors (Lipinski definition) is 2. The topological polar surface area (TPSA) is 59.8 Å². The van der Waals surface area contributed by atoms with E-state index in [-0.39, 0.29) is 18.0 Å². The number of methoxy groups -OCH3 is 1. The first-order valence-electron chi connectivity index (χ1n) is 8.49. The van der Waals surface area contributed by atoms with E-state index in [0.29, 0.717) is 34.8 Å². The van der Waals surface area contributed by atoms with Crippen molar-refractivity contribution in [3.8, 4) is 11.5 Å². The third-order valence-electron chi connectivity index (χ3n) is 3.86. The van der Waals surface area contributed by atoms with Crippen LogP contribution >= 0.6 is 23.2 Å². The van der Waals surface area contributed by atoms with Crippen LogP contribution < -0.4 is 20.1 Å². The van der Waals surface area contributed by atoms with E-state index in [1.807, 2.05) is 14.0 Å². The first-order chi connectivity index (χ1) is 13.3. The lowest BCUT2D eigenvalue weighted by molar-refractivity contribution is -0.0512. The molecule has 0 bridgehead atoms. The molecule has 6 nitrogen and oxygen atoms in total. The number of hydrogen-bond acceptors (Lipinski definition) is 3. The number of halogens is 4. The Labute approximate surface area is 172 Å². The molecule has 0 unspecified atom stereocenters. The van der Waals surface area contributed by atoms with Crippen molar-refractivity contribution in [1.29, 1.82) is 0 Å². The van der Waals surface area contributed by atoms with Gasteiger partial charge in [0.05, 0.1) is 25.2 Å². The van der Waals surface area contributed by atoms with Crippen LogP contribution in [0.15, 0.2) is 29.3 Å². The molecule has 2 rings (SSSR count). The van der Waals surface area contributed by atoms with Crippen LogP contribution in [-0.2, 0) is 20.1 Å². The normalized spacial score (nSPS) is 11.6. The molecule has 1 aromatic carbocycles. The zero-order valence-electron chi connectivity index (χ0n) is 15.7. The van der Waals surface area contributed by atoms with Gasteiger partial charge in [-0.15, -0.1) is 0 Å². The minimum absolute atomic E-state index is 0.0312.